The minimum Gasteiger partial charge on any atom is -0.756 e. The largest absolute Gasteiger partial charge is 0.756 e. The lowest BCUT2D eigenvalue weighted by molar-refractivity contribution is -0.626. The second-order valence-corrected chi connectivity index (χ2v) is 2.67. The molecule has 0 fully saturated rings. The zero-order valence-corrected chi connectivity index (χ0v) is 7.04. The number of hydrogen-bond donors (Lipinski definition) is 3. The summed E-state index contributed by atoms with van der Waals surface area (Å²) in [4.78, 5) is 22.9. The second kappa shape index (κ2) is 7.18. The van der Waals surface area contributed by atoms with E-state index in [1.165, 1.54) is 13.0 Å². The summed E-state index contributed by atoms with van der Waals surface area (Å²) in [5.74, 6) is 0. The normalized spacial score (nSPS) is 10.1. The molecule has 0 rings (SSSR count). The lowest BCUT2D eigenvalue weighted by Gasteiger charge is -2.01. The highest BCUT2D eigenvalue weighted by atomic mass is 31.2. The van der Waals surface area contributed by atoms with Gasteiger partial charge in [-0.2, -0.15) is 0 Å². The van der Waals surface area contributed by atoms with E-state index in [4.69, 9.17) is 19.2 Å². The average Bonchev–Trinajstić information content (AvgIpc) is 1.63. The second-order valence-electron chi connectivity index (χ2n) is 1.69. The van der Waals surface area contributed by atoms with Crippen molar-refractivity contribution in [3.63, 3.8) is 0 Å². The van der Waals surface area contributed by atoms with Crippen molar-refractivity contribution in [1.82, 2.24) is 0 Å². The minimum absolute atomic E-state index is 1.26. The predicted octanol–water partition coefficient (Wildman–Crippen LogP) is -1.97. The molecule has 0 unspecified atom stereocenters. The smallest absolute Gasteiger partial charge is 0.262 e. The van der Waals surface area contributed by atoms with Crippen molar-refractivity contribution in [2.24, 2.45) is 0 Å². The number of phosphoric acid groups is 1. The van der Waals surface area contributed by atoms with Gasteiger partial charge >= 0.3 is 0 Å². The maximum absolute atomic E-state index is 8.77. The fourth-order valence-corrected chi connectivity index (χ4v) is 0.289. The summed E-state index contributed by atoms with van der Waals surface area (Å²) in [6.45, 7) is 3.44. The zero-order valence-electron chi connectivity index (χ0n) is 6.15. The van der Waals surface area contributed by atoms with Crippen LogP contribution in [0.5, 0.6) is 0 Å². The van der Waals surface area contributed by atoms with Crippen LogP contribution < -0.4 is 10.2 Å². The Balaban J connectivity index is 0. The number of hydrogen-bond acceptors (Lipinski definition) is 2. The molecule has 4 N–H and O–H groups in total. The third kappa shape index (κ3) is 94.1. The van der Waals surface area contributed by atoms with Gasteiger partial charge in [0, 0.05) is 0 Å². The van der Waals surface area contributed by atoms with Crippen molar-refractivity contribution < 1.29 is 24.6 Å². The van der Waals surface area contributed by atoms with Crippen LogP contribution >= 0.6 is 7.82 Å². The van der Waals surface area contributed by atoms with Gasteiger partial charge in [-0.25, -0.2) is 0 Å². The number of quaternary nitrogens is 1. The molecule has 0 aromatic carbocycles. The first kappa shape index (κ1) is 12.7. The van der Waals surface area contributed by atoms with E-state index < -0.39 is 7.82 Å². The summed E-state index contributed by atoms with van der Waals surface area (Å²) in [5, 5.41) is 2.18. The molecule has 0 saturated heterocycles. The van der Waals surface area contributed by atoms with Crippen LogP contribution in [0.2, 0.25) is 0 Å². The molecule has 10 heavy (non-hydrogen) atoms. The van der Waals surface area contributed by atoms with E-state index in [9.17, 15) is 0 Å². The van der Waals surface area contributed by atoms with Crippen molar-refractivity contribution in [3.05, 3.63) is 0 Å². The monoisotopic (exact) mass is 171 g/mol. The van der Waals surface area contributed by atoms with Crippen LogP contribution in [0.15, 0.2) is 0 Å². The Hall–Kier alpha value is 0.0700. The Morgan fingerprint density at radius 1 is 1.60 bits per heavy atom. The van der Waals surface area contributed by atoms with Gasteiger partial charge in [0.1, 0.15) is 0 Å². The van der Waals surface area contributed by atoms with Gasteiger partial charge in [0.15, 0.2) is 0 Å². The molecular weight excluding hydrogens is 157 g/mol. The summed E-state index contributed by atoms with van der Waals surface area (Å²) < 4.78 is 8.77. The highest BCUT2D eigenvalue weighted by Gasteiger charge is 1.82. The molecule has 5 nitrogen and oxygen atoms in total. The fraction of sp³-hybridized carbons (Fsp3) is 1.00. The first-order chi connectivity index (χ1) is 4.41. The van der Waals surface area contributed by atoms with E-state index >= 15 is 0 Å². The van der Waals surface area contributed by atoms with Crippen molar-refractivity contribution in [2.75, 3.05) is 13.6 Å². The summed E-state index contributed by atoms with van der Waals surface area (Å²) in [6, 6.07) is 0. The van der Waals surface area contributed by atoms with Gasteiger partial charge in [0.2, 0.25) is 0 Å². The number of rotatable bonds is 2. The highest BCUT2D eigenvalue weighted by molar-refractivity contribution is 7.43. The van der Waals surface area contributed by atoms with Crippen molar-refractivity contribution in [2.45, 2.75) is 13.3 Å². The molecule has 64 valence electrons. The Morgan fingerprint density at radius 2 is 1.90 bits per heavy atom. The number of nitrogens with two attached hydrogens (primary N) is 1. The minimum atomic E-state index is -4.89. The first-order valence-electron chi connectivity index (χ1n) is 2.96. The standard InChI is InChI=1S/C4H11N.H3O4P/c1-3-4-5-2;1-5(2,3)4/h5H,3-4H2,1-2H3;(H3,1,2,3,4). The maximum atomic E-state index is 8.77. The summed E-state index contributed by atoms with van der Waals surface area (Å²) in [6.07, 6.45) is 1.29. The molecule has 0 aliphatic rings. The van der Waals surface area contributed by atoms with Crippen LogP contribution in [0.25, 0.3) is 0 Å². The van der Waals surface area contributed by atoms with Gasteiger partial charge in [0.25, 0.3) is 7.82 Å². The lowest BCUT2D eigenvalue weighted by atomic mass is 10.5. The molecule has 0 saturated carbocycles. The van der Waals surface area contributed by atoms with E-state index in [0.717, 1.165) is 0 Å². The highest BCUT2D eigenvalue weighted by Crippen LogP contribution is 2.18. The topological polar surface area (TPSA) is 97.2 Å². The molecular formula is C4H14NO4P. The van der Waals surface area contributed by atoms with Crippen LogP contribution in [0, 0.1) is 0 Å². The molecule has 0 bridgehead atoms. The Bertz CT molecular complexity index is 91.2. The maximum Gasteiger partial charge on any atom is 0.262 e. The third-order valence-electron chi connectivity index (χ3n) is 0.577. The van der Waals surface area contributed by atoms with E-state index in [-0.39, 0.29) is 0 Å². The predicted molar refractivity (Wildman–Crippen MR) is 35.1 cm³/mol. The molecule has 0 atom stereocenters. The van der Waals surface area contributed by atoms with Crippen LogP contribution in [-0.2, 0) is 4.57 Å². The lowest BCUT2D eigenvalue weighted by Crippen LogP contribution is -2.79. The molecule has 6 heteroatoms. The van der Waals surface area contributed by atoms with E-state index in [1.807, 2.05) is 0 Å². The van der Waals surface area contributed by atoms with Crippen molar-refractivity contribution >= 4 is 7.82 Å². The van der Waals surface area contributed by atoms with Gasteiger partial charge in [-0.1, -0.05) is 6.92 Å². The van der Waals surface area contributed by atoms with Crippen LogP contribution in [0.1, 0.15) is 13.3 Å². The van der Waals surface area contributed by atoms with E-state index in [0.29, 0.717) is 0 Å². The summed E-state index contributed by atoms with van der Waals surface area (Å²) in [7, 11) is -2.80. The summed E-state index contributed by atoms with van der Waals surface area (Å²) in [5.41, 5.74) is 0. The quantitative estimate of drug-likeness (QED) is 0.420. The third-order valence-corrected chi connectivity index (χ3v) is 0.577. The molecule has 0 amide bonds. The molecule has 0 aliphatic heterocycles. The van der Waals surface area contributed by atoms with Crippen LogP contribution in [-0.4, -0.2) is 23.4 Å². The Labute approximate surface area is 60.3 Å². The van der Waals surface area contributed by atoms with Gasteiger partial charge in [-0.3, -0.25) is 4.57 Å². The van der Waals surface area contributed by atoms with Gasteiger partial charge in [-0.15, -0.1) is 0 Å². The van der Waals surface area contributed by atoms with E-state index in [1.54, 1.807) is 0 Å². The molecule has 0 heterocycles. The average molecular weight is 171 g/mol. The molecule has 0 aliphatic carbocycles. The van der Waals surface area contributed by atoms with Gasteiger partial charge in [-0.05, 0) is 6.42 Å². The molecule has 0 aromatic heterocycles. The molecule has 0 spiro atoms. The van der Waals surface area contributed by atoms with Gasteiger partial charge in [0.05, 0.1) is 13.6 Å². The van der Waals surface area contributed by atoms with Crippen LogP contribution in [0.4, 0.5) is 0 Å². The SMILES string of the molecule is CCC[NH2+]C.O=P([O-])(O)O. The zero-order chi connectivity index (χ0) is 8.62. The van der Waals surface area contributed by atoms with Crippen LogP contribution in [0.3, 0.4) is 0 Å². The van der Waals surface area contributed by atoms with Crippen molar-refractivity contribution in [1.29, 1.82) is 0 Å². The van der Waals surface area contributed by atoms with Crippen molar-refractivity contribution in [3.8, 4) is 0 Å². The molecule has 0 aromatic rings. The first-order valence-corrected chi connectivity index (χ1v) is 4.49. The van der Waals surface area contributed by atoms with E-state index in [2.05, 4.69) is 19.3 Å². The summed E-state index contributed by atoms with van der Waals surface area (Å²) >= 11 is 0. The Kier molecular flexibility index (Phi) is 9.13. The molecule has 0 radical (unpaired) electrons. The fourth-order valence-electron chi connectivity index (χ4n) is 0.289. The Morgan fingerprint density at radius 3 is 1.90 bits per heavy atom. The van der Waals surface area contributed by atoms with Gasteiger partial charge < -0.3 is 20.0 Å².